The van der Waals surface area contributed by atoms with Crippen molar-refractivity contribution in [3.05, 3.63) is 203 Å². The van der Waals surface area contributed by atoms with Crippen molar-refractivity contribution in [3.63, 3.8) is 0 Å². The van der Waals surface area contributed by atoms with Gasteiger partial charge in [0, 0.05) is 38.4 Å². The number of aromatic hydroxyl groups is 1. The monoisotopic (exact) mass is 2040 g/mol. The van der Waals surface area contributed by atoms with Crippen LogP contribution in [0.15, 0.2) is 127 Å². The lowest BCUT2D eigenvalue weighted by Gasteiger charge is -2.23. The van der Waals surface area contributed by atoms with Crippen LogP contribution in [0, 0.1) is 83.5 Å². The summed E-state index contributed by atoms with van der Waals surface area (Å²) in [6, 6.07) is 26.6. The third-order valence-corrected chi connectivity index (χ3v) is 17.4. The quantitative estimate of drug-likeness (QED) is 0.0164. The Morgan fingerprint density at radius 2 is 0.775 bits per heavy atom. The van der Waals surface area contributed by atoms with E-state index in [1.807, 2.05) is 87.6 Å². The number of nitro groups is 3. The second-order valence-electron chi connectivity index (χ2n) is 36.0. The van der Waals surface area contributed by atoms with Crippen molar-refractivity contribution in [1.82, 2.24) is 26.6 Å². The summed E-state index contributed by atoms with van der Waals surface area (Å²) < 4.78 is 77.7. The number of carboxylic acids is 3. The maximum Gasteiger partial charge on any atom is 0.408 e. The molecule has 0 aromatic heterocycles. The van der Waals surface area contributed by atoms with Gasteiger partial charge in [0.25, 0.3) is 11.8 Å². The second kappa shape index (κ2) is 56.2. The summed E-state index contributed by atoms with van der Waals surface area (Å²) in [6.07, 6.45) is -3.88. The Bertz CT molecular complexity index is 5490. The van der Waals surface area contributed by atoms with Crippen molar-refractivity contribution in [1.29, 1.82) is 0 Å². The first-order valence-electron chi connectivity index (χ1n) is 42.6. The van der Waals surface area contributed by atoms with Crippen LogP contribution in [0.4, 0.5) is 72.6 Å². The van der Waals surface area contributed by atoms with Gasteiger partial charge in [-0.2, -0.15) is 8.78 Å². The van der Waals surface area contributed by atoms with E-state index in [9.17, 15) is 91.9 Å². The molecular formula is C93H125Cl2F2N13O32. The van der Waals surface area contributed by atoms with Crippen LogP contribution >= 0.6 is 24.8 Å². The van der Waals surface area contributed by atoms with Crippen molar-refractivity contribution < 1.29 is 149 Å². The number of aliphatic hydroxyl groups is 1. The number of fused-ring (bicyclic) bond motifs is 3. The summed E-state index contributed by atoms with van der Waals surface area (Å²) in [5.74, 6) is -4.46. The van der Waals surface area contributed by atoms with Gasteiger partial charge in [-0.25, -0.2) is 38.4 Å². The van der Waals surface area contributed by atoms with Gasteiger partial charge < -0.3 is 126 Å². The first-order chi connectivity index (χ1) is 64.6. The molecule has 3 heterocycles. The molecule has 15 N–H and O–H groups in total. The summed E-state index contributed by atoms with van der Waals surface area (Å²) in [4.78, 5) is 159. The number of nitrogen functional groups attached to an aromatic ring is 1. The molecule has 7 aromatic carbocycles. The molecule has 0 saturated heterocycles. The summed E-state index contributed by atoms with van der Waals surface area (Å²) in [5.41, 5.74) is 14.5. The third kappa shape index (κ3) is 46.1. The van der Waals surface area contributed by atoms with Gasteiger partial charge >= 0.3 is 65.4 Å². The fraction of sp³-hybridized carbons (Fsp3) is 0.430. The molecule has 0 saturated carbocycles. The van der Waals surface area contributed by atoms with Gasteiger partial charge in [-0.05, 0) is 246 Å². The van der Waals surface area contributed by atoms with Crippen molar-refractivity contribution in [2.24, 2.45) is 5.73 Å². The zero-order valence-electron chi connectivity index (χ0n) is 82.6. The average Bonchev–Trinajstić information content (AvgIpc) is 1.66. The maximum atomic E-state index is 12.7. The van der Waals surface area contributed by atoms with E-state index in [0.717, 1.165) is 58.0 Å². The van der Waals surface area contributed by atoms with Crippen LogP contribution in [0.3, 0.4) is 0 Å². The number of likely N-dealkylation sites (N-methyl/N-ethyl adjacent to an activating group) is 2. The Hall–Kier alpha value is -15.1. The van der Waals surface area contributed by atoms with Gasteiger partial charge in [0.15, 0.2) is 23.9 Å². The number of aliphatic carboxylic acids is 3. The molecule has 0 fully saturated rings. The average molecular weight is 2050 g/mol. The van der Waals surface area contributed by atoms with Crippen LogP contribution in [-0.4, -0.2) is 224 Å². The number of hydrogen-bond donors (Lipinski definition) is 13. The molecule has 3 aliphatic rings. The number of anilines is 4. The molecule has 7 aromatic rings. The van der Waals surface area contributed by atoms with Crippen LogP contribution in [0.1, 0.15) is 137 Å². The number of amides is 8. The van der Waals surface area contributed by atoms with Gasteiger partial charge in [0.1, 0.15) is 108 Å². The summed E-state index contributed by atoms with van der Waals surface area (Å²) >= 11 is 0. The Kier molecular flexibility index (Phi) is 49.4. The number of nitro benzene ring substituents is 3. The van der Waals surface area contributed by atoms with E-state index in [0.29, 0.717) is 51.5 Å². The Morgan fingerprint density at radius 1 is 0.451 bits per heavy atom. The minimum absolute atomic E-state index is 0. The molecular weight excluding hydrogens is 1920 g/mol. The number of nitrogens with one attached hydrogen (secondary N) is 6. The molecule has 142 heavy (non-hydrogen) atoms. The number of aliphatic hydroxyl groups excluding tert-OH is 1. The van der Waals surface area contributed by atoms with E-state index < -0.39 is 164 Å². The first kappa shape index (κ1) is 125. The predicted octanol–water partition coefficient (Wildman–Crippen LogP) is 13.6. The Balaban J connectivity index is 0.000000821. The molecule has 0 radical (unpaired) electrons. The van der Waals surface area contributed by atoms with Crippen LogP contribution in [-0.2, 0) is 52.5 Å². The van der Waals surface area contributed by atoms with Crippen molar-refractivity contribution in [2.75, 3.05) is 74.6 Å². The van der Waals surface area contributed by atoms with Crippen LogP contribution < -0.4 is 76.9 Å². The summed E-state index contributed by atoms with van der Waals surface area (Å²) in [7, 11) is 3.37. The number of nitrogens with zero attached hydrogens (tertiary/aromatic N) is 5. The summed E-state index contributed by atoms with van der Waals surface area (Å²) in [5, 5.41) is 89.3. The number of rotatable bonds is 18. The zero-order valence-corrected chi connectivity index (χ0v) is 84.2. The molecule has 0 spiro atoms. The van der Waals surface area contributed by atoms with E-state index in [1.54, 1.807) is 161 Å². The first-order valence-corrected chi connectivity index (χ1v) is 42.6. The molecule has 3 aliphatic heterocycles. The highest BCUT2D eigenvalue weighted by atomic mass is 35.5. The number of phenols is 1. The number of halogens is 4. The topological polar surface area (TPSA) is 641 Å². The third-order valence-electron chi connectivity index (χ3n) is 17.4. The Labute approximate surface area is 829 Å². The highest BCUT2D eigenvalue weighted by Gasteiger charge is 2.35. The van der Waals surface area contributed by atoms with Crippen molar-refractivity contribution in [2.45, 2.75) is 210 Å². The van der Waals surface area contributed by atoms with Gasteiger partial charge in [-0.1, -0.05) is 36.4 Å². The lowest BCUT2D eigenvalue weighted by atomic mass is 10.2. The van der Waals surface area contributed by atoms with Crippen LogP contribution in [0.25, 0.3) is 0 Å². The highest BCUT2D eigenvalue weighted by Crippen LogP contribution is 2.35. The predicted molar refractivity (Wildman–Crippen MR) is 521 cm³/mol. The minimum Gasteiger partial charge on any atom is -0.508 e. The molecule has 8 amide bonds. The number of hydrogen-bond acceptors (Lipinski definition) is 31. The van der Waals surface area contributed by atoms with Crippen LogP contribution in [0.5, 0.6) is 34.5 Å². The largest absolute Gasteiger partial charge is 0.508 e. The number of phenolic OH excluding ortho intramolecular Hbond substituents is 1. The highest BCUT2D eigenvalue weighted by molar-refractivity contribution is 6.01. The number of benzene rings is 7. The van der Waals surface area contributed by atoms with E-state index in [2.05, 4.69) is 26.6 Å². The fourth-order valence-electron chi connectivity index (χ4n) is 11.0. The van der Waals surface area contributed by atoms with Gasteiger partial charge in [-0.3, -0.25) is 44.7 Å². The lowest BCUT2D eigenvalue weighted by molar-refractivity contribution is -0.387. The number of aryl methyl sites for hydroxylation is 6. The zero-order chi connectivity index (χ0) is 107. The number of alkyl carbamates (subject to hydrolysis) is 5. The fourth-order valence-corrected chi connectivity index (χ4v) is 11.0. The van der Waals surface area contributed by atoms with E-state index in [1.165, 1.54) is 23.1 Å². The van der Waals surface area contributed by atoms with E-state index >= 15 is 0 Å². The van der Waals surface area contributed by atoms with E-state index in [4.69, 9.17) is 84.4 Å². The number of carbonyl (C=O) groups excluding carboxylic acids is 8. The number of ether oxygens (including phenoxy) is 10. The minimum atomic E-state index is -1.42. The number of carbonyl (C=O) groups is 11. The van der Waals surface area contributed by atoms with Gasteiger partial charge in [0.2, 0.25) is 17.5 Å². The molecule has 782 valence electrons. The van der Waals surface area contributed by atoms with Crippen molar-refractivity contribution in [3.8, 4) is 34.5 Å². The smallest absolute Gasteiger partial charge is 0.408 e. The van der Waals surface area contributed by atoms with Crippen molar-refractivity contribution >= 4 is 131 Å². The van der Waals surface area contributed by atoms with Gasteiger partial charge in [-0.15, -0.1) is 24.8 Å². The molecule has 0 aliphatic carbocycles. The molecule has 10 rings (SSSR count). The SMILES string of the molecule is CC(C)(C)OC(=O)N[C@@H](CO)C(=O)O.Cc1ccc(N)c(OC[C@H](NC(=O)OC(C)(C)C)C(=O)O)c1.Cc1ccc([N+](=O)[O-])c(F)c1.Cc1ccc([N+](=O)[O-])c(OC[C@H](NC(=O)OC(C)(C)C)C(=O)O)c1.Cc1ccc2c(c1)OC[C@H](N)C(=O)N2C.Cc1ccc2c(c1)OC[C@H](NC(=O)OC(C)(C)C)C(=O)N2.Cc1ccc2c(c1)OC[C@H](NC(=O)OC(C)(C)C)C(=O)N2C.Cl.Cl.O=[N+]([O-])c1ccc(O)cc1F. The Morgan fingerprint density at radius 3 is 1.18 bits per heavy atom. The molecule has 49 heteroatoms. The molecule has 0 bridgehead atoms. The standard InChI is InChI=1S/C16H22N2O4.C15H20N2O7.C15H22N2O5.C15H20N2O4.C11H14N2O2.C8H15NO5.C7H6FNO2.C6H4FNO3.2ClH/c1-10-6-7-12-13(8-10)21-9-11(14(19)18(12)5)17-15(20)22-16(2,3)4;1-9-5-6-11(17(21)22)12(7-9)23-8-10(13(18)19)16-14(20)24-15(2,3)4;1-9-5-6-10(16)12(7-9)21-8-11(13(18)19)17-14(20)22-15(2,3)4;1-9-5-6-10-12(7-9)20-8-11(13(18)16-10)17-14(19)21-15(2,3)4;1-7-3-4-9-10(5-7)15-6-8(12)11(14)13(9)2;1-8(2,3)14-7(13)9-5(4-10)6(11)12;1-5-2-3-7(9(10)11)6(8)4-5;7-5-3-4(9)1-2-6(5)8(10)11;;/h6-8,11H,9H2,1-5H3,(H,17,20);5-7,10H,8H2,1-4H3,(H,16,20)(H,18,19);5-7,11H,8,16H2,1-4H3,(H,17,20)(H,18,19);5-7,11H,8H2,1-4H3,(H,16,18)(H,17,19);3-5,8H,6,12H2,1-2H3;5,10H,4H2,1-3H3,(H,9,13)(H,11,12);2-4H,1H3;1-3,9H;2*1H/t11-;10-;2*11-;8-;5-;;;;/m000000..../s1. The second-order valence-corrected chi connectivity index (χ2v) is 36.0. The number of carboxylic acid groups (broad SMARTS) is 3. The summed E-state index contributed by atoms with van der Waals surface area (Å²) in [6.45, 7) is 35.6. The molecule has 45 nitrogen and oxygen atoms in total. The van der Waals surface area contributed by atoms with E-state index in [-0.39, 0.29) is 86.1 Å². The van der Waals surface area contributed by atoms with Gasteiger partial charge in [0.05, 0.1) is 44.1 Å². The molecule has 0 unspecified atom stereocenters. The lowest BCUT2D eigenvalue weighted by Crippen LogP contribution is -2.50. The normalized spacial score (nSPS) is 14.4. The number of nitrogens with two attached hydrogens (primary N) is 2. The maximum absolute atomic E-state index is 12.7. The molecule has 6 atom stereocenters. The van der Waals surface area contributed by atoms with Crippen LogP contribution in [0.2, 0.25) is 0 Å².